The Bertz CT molecular complexity index is 352. The number of rotatable bonds is 6. The quantitative estimate of drug-likeness (QED) is 0.560. The van der Waals surface area contributed by atoms with E-state index in [1.54, 1.807) is 0 Å². The van der Waals surface area contributed by atoms with E-state index in [4.69, 9.17) is 0 Å². The van der Waals surface area contributed by atoms with Crippen molar-refractivity contribution in [1.29, 1.82) is 0 Å². The van der Waals surface area contributed by atoms with E-state index in [1.165, 1.54) is 18.9 Å². The fraction of sp³-hybridized carbons (Fsp3) is 0.700. The minimum absolute atomic E-state index is 0.242. The van der Waals surface area contributed by atoms with Crippen LogP contribution in [0, 0.1) is 0 Å². The lowest BCUT2D eigenvalue weighted by atomic mass is 10.4. The summed E-state index contributed by atoms with van der Waals surface area (Å²) in [6.45, 7) is 5.04. The third kappa shape index (κ3) is 3.23. The molecule has 1 rings (SSSR count). The van der Waals surface area contributed by atoms with Crippen LogP contribution >= 0.6 is 11.8 Å². The van der Waals surface area contributed by atoms with Gasteiger partial charge in [-0.2, -0.15) is 0 Å². The van der Waals surface area contributed by atoms with Gasteiger partial charge in [0.25, 0.3) is 0 Å². The predicted octanol–water partition coefficient (Wildman–Crippen LogP) is 1.52. The monoisotopic (exact) mass is 243 g/mol. The molecule has 0 N–H and O–H groups in total. The number of aromatic nitrogens is 3. The van der Waals surface area contributed by atoms with Gasteiger partial charge in [0.15, 0.2) is 5.16 Å². The summed E-state index contributed by atoms with van der Waals surface area (Å²) in [7, 11) is 1.39. The summed E-state index contributed by atoms with van der Waals surface area (Å²) in [5.41, 5.74) is 0. The van der Waals surface area contributed by atoms with Gasteiger partial charge in [0.05, 0.1) is 12.9 Å². The molecule has 6 heteroatoms. The van der Waals surface area contributed by atoms with Crippen molar-refractivity contribution >= 4 is 17.7 Å². The number of aryl methyl sites for hydroxylation is 1. The Morgan fingerprint density at radius 2 is 2.19 bits per heavy atom. The number of ether oxygens (including phenoxy) is 1. The molecule has 0 radical (unpaired) electrons. The van der Waals surface area contributed by atoms with Crippen LogP contribution < -0.4 is 0 Å². The average molecular weight is 243 g/mol. The van der Waals surface area contributed by atoms with E-state index in [2.05, 4.69) is 26.4 Å². The number of hydrogen-bond donors (Lipinski definition) is 0. The van der Waals surface area contributed by atoms with E-state index in [0.29, 0.717) is 0 Å². The van der Waals surface area contributed by atoms with Gasteiger partial charge in [-0.1, -0.05) is 25.6 Å². The Morgan fingerprint density at radius 1 is 1.44 bits per heavy atom. The van der Waals surface area contributed by atoms with Gasteiger partial charge in [-0.05, 0) is 6.42 Å². The van der Waals surface area contributed by atoms with Crippen molar-refractivity contribution in [2.45, 2.75) is 38.4 Å². The first-order valence-corrected chi connectivity index (χ1v) is 6.33. The third-order valence-electron chi connectivity index (χ3n) is 2.10. The molecule has 0 atom stereocenters. The summed E-state index contributed by atoms with van der Waals surface area (Å²) in [5.74, 6) is 1.01. The van der Waals surface area contributed by atoms with Crippen LogP contribution in [-0.4, -0.2) is 33.6 Å². The molecule has 0 unspecified atom stereocenters. The van der Waals surface area contributed by atoms with Gasteiger partial charge in [-0.3, -0.25) is 4.79 Å². The summed E-state index contributed by atoms with van der Waals surface area (Å²) in [6.07, 6.45) is 1.88. The van der Waals surface area contributed by atoms with Crippen molar-refractivity contribution in [3.63, 3.8) is 0 Å². The Kier molecular flexibility index (Phi) is 5.31. The molecule has 90 valence electrons. The lowest BCUT2D eigenvalue weighted by Crippen LogP contribution is -2.07. The summed E-state index contributed by atoms with van der Waals surface area (Å²) in [5, 5.41) is 8.97. The van der Waals surface area contributed by atoms with Crippen molar-refractivity contribution in [2.75, 3.05) is 12.9 Å². The molecular formula is C10H17N3O2S. The van der Waals surface area contributed by atoms with Gasteiger partial charge in [-0.25, -0.2) is 0 Å². The molecule has 0 saturated carbocycles. The van der Waals surface area contributed by atoms with Gasteiger partial charge in [-0.15, -0.1) is 10.2 Å². The fourth-order valence-corrected chi connectivity index (χ4v) is 2.13. The van der Waals surface area contributed by atoms with Crippen LogP contribution in [0.15, 0.2) is 5.16 Å². The zero-order chi connectivity index (χ0) is 12.0. The Morgan fingerprint density at radius 3 is 2.75 bits per heavy atom. The lowest BCUT2D eigenvalue weighted by molar-refractivity contribution is -0.137. The second-order valence-electron chi connectivity index (χ2n) is 3.27. The highest BCUT2D eigenvalue weighted by molar-refractivity contribution is 7.99. The molecule has 0 bridgehead atoms. The molecule has 16 heavy (non-hydrogen) atoms. The molecule has 0 aliphatic heterocycles. The SMILES string of the molecule is CCCn1c(CC)nnc1SCC(=O)OC. The highest BCUT2D eigenvalue weighted by Gasteiger charge is 2.12. The lowest BCUT2D eigenvalue weighted by Gasteiger charge is -2.06. The van der Waals surface area contributed by atoms with E-state index in [1.807, 2.05) is 6.92 Å². The van der Waals surface area contributed by atoms with E-state index in [-0.39, 0.29) is 11.7 Å². The number of nitrogens with zero attached hydrogens (tertiary/aromatic N) is 3. The molecule has 1 aromatic heterocycles. The number of carbonyl (C=O) groups excluding carboxylic acids is 1. The molecule has 5 nitrogen and oxygen atoms in total. The number of hydrogen-bond acceptors (Lipinski definition) is 5. The van der Waals surface area contributed by atoms with E-state index in [9.17, 15) is 4.79 Å². The largest absolute Gasteiger partial charge is 0.468 e. The van der Waals surface area contributed by atoms with Crippen molar-refractivity contribution in [3.8, 4) is 0 Å². The Balaban J connectivity index is 2.71. The van der Waals surface area contributed by atoms with Gasteiger partial charge < -0.3 is 9.30 Å². The van der Waals surface area contributed by atoms with Crippen LogP contribution in [0.25, 0.3) is 0 Å². The van der Waals surface area contributed by atoms with Gasteiger partial charge >= 0.3 is 5.97 Å². The van der Waals surface area contributed by atoms with Crippen molar-refractivity contribution in [1.82, 2.24) is 14.8 Å². The standard InChI is InChI=1S/C10H17N3O2S/c1-4-6-13-8(5-2)11-12-10(13)16-7-9(14)15-3/h4-7H2,1-3H3. The molecule has 1 aromatic rings. The topological polar surface area (TPSA) is 57.0 Å². The maximum absolute atomic E-state index is 11.0. The first kappa shape index (κ1) is 13.0. The normalized spacial score (nSPS) is 10.4. The van der Waals surface area contributed by atoms with E-state index >= 15 is 0 Å². The molecule has 0 aliphatic rings. The second kappa shape index (κ2) is 6.52. The molecule has 0 saturated heterocycles. The first-order valence-electron chi connectivity index (χ1n) is 5.34. The summed E-state index contributed by atoms with van der Waals surface area (Å²) in [4.78, 5) is 11.0. The molecular weight excluding hydrogens is 226 g/mol. The van der Waals surface area contributed by atoms with E-state index < -0.39 is 0 Å². The van der Waals surface area contributed by atoms with Crippen LogP contribution in [0.3, 0.4) is 0 Å². The fourth-order valence-electron chi connectivity index (χ4n) is 1.32. The molecule has 0 aliphatic carbocycles. The van der Waals surface area contributed by atoms with Crippen LogP contribution in [-0.2, 0) is 22.5 Å². The summed E-state index contributed by atoms with van der Waals surface area (Å²) < 4.78 is 6.65. The third-order valence-corrected chi connectivity index (χ3v) is 3.04. The average Bonchev–Trinajstić information content (AvgIpc) is 2.69. The maximum atomic E-state index is 11.0. The van der Waals surface area contributed by atoms with Crippen LogP contribution in [0.1, 0.15) is 26.1 Å². The highest BCUT2D eigenvalue weighted by atomic mass is 32.2. The smallest absolute Gasteiger partial charge is 0.316 e. The van der Waals surface area contributed by atoms with Gasteiger partial charge in [0.1, 0.15) is 5.82 Å². The minimum Gasteiger partial charge on any atom is -0.468 e. The zero-order valence-corrected chi connectivity index (χ0v) is 10.7. The molecule has 0 aromatic carbocycles. The Labute approximate surface area is 99.6 Å². The maximum Gasteiger partial charge on any atom is 0.316 e. The number of thioether (sulfide) groups is 1. The minimum atomic E-state index is -0.242. The van der Waals surface area contributed by atoms with Crippen LogP contribution in [0.2, 0.25) is 0 Å². The molecule has 0 spiro atoms. The number of methoxy groups -OCH3 is 1. The van der Waals surface area contributed by atoms with Crippen molar-refractivity contribution in [2.24, 2.45) is 0 Å². The predicted molar refractivity (Wildman–Crippen MR) is 62.4 cm³/mol. The van der Waals surface area contributed by atoms with Crippen molar-refractivity contribution < 1.29 is 9.53 Å². The second-order valence-corrected chi connectivity index (χ2v) is 4.21. The Hall–Kier alpha value is -1.04. The number of carbonyl (C=O) groups is 1. The van der Waals surface area contributed by atoms with Gasteiger partial charge in [0.2, 0.25) is 0 Å². The molecule has 0 fully saturated rings. The van der Waals surface area contributed by atoms with Crippen molar-refractivity contribution in [3.05, 3.63) is 5.82 Å². The number of esters is 1. The summed E-state index contributed by atoms with van der Waals surface area (Å²) in [6, 6.07) is 0. The first-order chi connectivity index (χ1) is 7.72. The molecule has 1 heterocycles. The van der Waals surface area contributed by atoms with Crippen LogP contribution in [0.4, 0.5) is 0 Å². The molecule has 0 amide bonds. The zero-order valence-electron chi connectivity index (χ0n) is 9.89. The van der Waals surface area contributed by atoms with Gasteiger partial charge in [0, 0.05) is 13.0 Å². The summed E-state index contributed by atoms with van der Waals surface area (Å²) >= 11 is 1.37. The van der Waals surface area contributed by atoms with Crippen LogP contribution in [0.5, 0.6) is 0 Å². The van der Waals surface area contributed by atoms with E-state index in [0.717, 1.165) is 30.4 Å². The highest BCUT2D eigenvalue weighted by Crippen LogP contribution is 2.17.